The second-order valence-electron chi connectivity index (χ2n) is 9.75. The van der Waals surface area contributed by atoms with Crippen LogP contribution in [0.3, 0.4) is 0 Å². The number of hydrogen-bond acceptors (Lipinski definition) is 0. The SMILES string of the molecule is C[C@H]1CCCC[C@H](C)[P+]1(C)c1ccccc1[P+]1(C)[C@@H](C)CCCC[C@@H]1C. The van der Waals surface area contributed by atoms with Gasteiger partial charge in [0.1, 0.15) is 10.6 Å². The van der Waals surface area contributed by atoms with Crippen LogP contribution in [0.1, 0.15) is 79.1 Å². The lowest BCUT2D eigenvalue weighted by molar-refractivity contribution is 0.662. The van der Waals surface area contributed by atoms with Gasteiger partial charge in [0.05, 0.1) is 50.5 Å². The van der Waals surface area contributed by atoms with Crippen molar-refractivity contribution in [2.45, 2.75) is 102 Å². The molecule has 146 valence electrons. The zero-order valence-electron chi connectivity index (χ0n) is 18.2. The lowest BCUT2D eigenvalue weighted by atomic mass is 10.1. The molecule has 2 saturated heterocycles. The second-order valence-corrected chi connectivity index (χ2v) is 18.8. The Morgan fingerprint density at radius 1 is 0.577 bits per heavy atom. The van der Waals surface area contributed by atoms with Gasteiger partial charge >= 0.3 is 0 Å². The van der Waals surface area contributed by atoms with Gasteiger partial charge in [-0.25, -0.2) is 0 Å². The van der Waals surface area contributed by atoms with Gasteiger partial charge in [-0.1, -0.05) is 12.1 Å². The predicted molar refractivity (Wildman–Crippen MR) is 126 cm³/mol. The third-order valence-corrected chi connectivity index (χ3v) is 20.0. The molecule has 0 spiro atoms. The van der Waals surface area contributed by atoms with Crippen LogP contribution in [-0.2, 0) is 0 Å². The van der Waals surface area contributed by atoms with E-state index in [4.69, 9.17) is 0 Å². The van der Waals surface area contributed by atoms with E-state index in [9.17, 15) is 0 Å². The van der Waals surface area contributed by atoms with Gasteiger partial charge < -0.3 is 0 Å². The molecule has 0 saturated carbocycles. The fourth-order valence-corrected chi connectivity index (χ4v) is 15.7. The van der Waals surface area contributed by atoms with Crippen molar-refractivity contribution in [2.24, 2.45) is 0 Å². The Kier molecular flexibility index (Phi) is 6.57. The Morgan fingerprint density at radius 2 is 0.846 bits per heavy atom. The van der Waals surface area contributed by atoms with E-state index in [1.165, 1.54) is 51.4 Å². The molecule has 2 heteroatoms. The zero-order chi connectivity index (χ0) is 18.9. The number of hydrogen-bond donors (Lipinski definition) is 0. The largest absolute Gasteiger partial charge is 0.136 e. The maximum atomic E-state index is 2.73. The third kappa shape index (κ3) is 3.44. The van der Waals surface area contributed by atoms with Gasteiger partial charge in [0.25, 0.3) is 0 Å². The molecule has 0 nitrogen and oxygen atoms in total. The molecule has 0 radical (unpaired) electrons. The Bertz CT molecular complexity index is 531. The molecule has 0 amide bonds. The van der Waals surface area contributed by atoms with Crippen molar-refractivity contribution in [1.29, 1.82) is 0 Å². The topological polar surface area (TPSA) is 0 Å². The first-order chi connectivity index (χ1) is 12.3. The van der Waals surface area contributed by atoms with Crippen LogP contribution < -0.4 is 10.6 Å². The van der Waals surface area contributed by atoms with Gasteiger partial charge in [-0.3, -0.25) is 0 Å². The summed E-state index contributed by atoms with van der Waals surface area (Å²) in [5.74, 6) is 0. The van der Waals surface area contributed by atoms with Crippen molar-refractivity contribution in [2.75, 3.05) is 13.3 Å². The van der Waals surface area contributed by atoms with Crippen molar-refractivity contribution in [3.8, 4) is 0 Å². The van der Waals surface area contributed by atoms with Gasteiger partial charge in [0, 0.05) is 0 Å². The Hall–Kier alpha value is 0.0800. The Morgan fingerprint density at radius 3 is 1.12 bits per heavy atom. The minimum absolute atomic E-state index is 0.894. The lowest BCUT2D eigenvalue weighted by Gasteiger charge is -2.38. The Labute approximate surface area is 164 Å². The van der Waals surface area contributed by atoms with Gasteiger partial charge in [-0.05, 0) is 91.2 Å². The molecule has 2 aliphatic heterocycles. The van der Waals surface area contributed by atoms with E-state index >= 15 is 0 Å². The van der Waals surface area contributed by atoms with Crippen molar-refractivity contribution in [1.82, 2.24) is 0 Å². The van der Waals surface area contributed by atoms with E-state index in [1.807, 2.05) is 10.6 Å². The molecule has 2 aliphatic rings. The van der Waals surface area contributed by atoms with Crippen LogP contribution in [0.2, 0.25) is 0 Å². The molecule has 1 aromatic carbocycles. The third-order valence-electron chi connectivity index (χ3n) is 8.57. The number of rotatable bonds is 2. The van der Waals surface area contributed by atoms with Gasteiger partial charge in [0.15, 0.2) is 0 Å². The molecule has 3 rings (SSSR count). The van der Waals surface area contributed by atoms with Crippen LogP contribution in [0.4, 0.5) is 0 Å². The highest BCUT2D eigenvalue weighted by atomic mass is 31.2. The zero-order valence-corrected chi connectivity index (χ0v) is 20.0. The summed E-state index contributed by atoms with van der Waals surface area (Å²) in [5.41, 5.74) is 3.58. The molecule has 2 heterocycles. The maximum Gasteiger partial charge on any atom is 0.136 e. The van der Waals surface area contributed by atoms with Gasteiger partial charge in [-0.2, -0.15) is 0 Å². The minimum Gasteiger partial charge on any atom is -0.0581 e. The van der Waals surface area contributed by atoms with E-state index in [0.717, 1.165) is 22.6 Å². The maximum absolute atomic E-state index is 2.73. The average Bonchev–Trinajstić information content (AvgIpc) is 2.85. The highest BCUT2D eigenvalue weighted by Crippen LogP contribution is 2.71. The van der Waals surface area contributed by atoms with Crippen LogP contribution >= 0.6 is 14.5 Å². The van der Waals surface area contributed by atoms with Crippen LogP contribution in [0.15, 0.2) is 24.3 Å². The molecule has 4 atom stereocenters. The van der Waals surface area contributed by atoms with E-state index in [2.05, 4.69) is 65.3 Å². The molecule has 0 aromatic heterocycles. The molecule has 0 bridgehead atoms. The summed E-state index contributed by atoms with van der Waals surface area (Å²) in [6, 6.07) is 9.87. The summed E-state index contributed by atoms with van der Waals surface area (Å²) in [6.45, 7) is 15.8. The molecule has 0 unspecified atom stereocenters. The summed E-state index contributed by atoms with van der Waals surface area (Å²) in [4.78, 5) is 0. The normalized spacial score (nSPS) is 34.7. The molecule has 0 aliphatic carbocycles. The van der Waals surface area contributed by atoms with E-state index in [1.54, 1.807) is 0 Å². The fourth-order valence-electron chi connectivity index (χ4n) is 5.93. The summed E-state index contributed by atoms with van der Waals surface area (Å²) < 4.78 is 0. The standard InChI is InChI=1S/C24H42P2/c1-19-13-7-8-14-20(2)25(19,5)23-17-11-12-18-24(23)26(6)21(3)15-9-10-16-22(26)4/h11-12,17-22H,7-10,13-16H2,1-6H3/q+2/t19-,20-,21-,22-/m0/s1. The summed E-state index contributed by atoms with van der Waals surface area (Å²) in [7, 11) is -2.26. The summed E-state index contributed by atoms with van der Waals surface area (Å²) in [6.07, 6.45) is 11.6. The highest BCUT2D eigenvalue weighted by Gasteiger charge is 2.55. The van der Waals surface area contributed by atoms with Crippen LogP contribution in [0.25, 0.3) is 0 Å². The minimum atomic E-state index is -1.13. The summed E-state index contributed by atoms with van der Waals surface area (Å²) >= 11 is 0. The smallest absolute Gasteiger partial charge is 0.0581 e. The van der Waals surface area contributed by atoms with Crippen molar-refractivity contribution in [3.05, 3.63) is 24.3 Å². The van der Waals surface area contributed by atoms with Crippen molar-refractivity contribution >= 4 is 25.1 Å². The highest BCUT2D eigenvalue weighted by molar-refractivity contribution is 7.89. The average molecular weight is 393 g/mol. The van der Waals surface area contributed by atoms with Crippen molar-refractivity contribution in [3.63, 3.8) is 0 Å². The quantitative estimate of drug-likeness (QED) is 0.479. The fraction of sp³-hybridized carbons (Fsp3) is 0.750. The van der Waals surface area contributed by atoms with Crippen LogP contribution in [0, 0.1) is 0 Å². The second kappa shape index (κ2) is 8.21. The first kappa shape index (κ1) is 20.8. The molecule has 1 aromatic rings. The Balaban J connectivity index is 2.16. The predicted octanol–water partition coefficient (Wildman–Crippen LogP) is 6.93. The molecule has 2 fully saturated rings. The molecule has 26 heavy (non-hydrogen) atoms. The van der Waals surface area contributed by atoms with E-state index < -0.39 is 14.5 Å². The van der Waals surface area contributed by atoms with Crippen LogP contribution in [0.5, 0.6) is 0 Å². The molecular weight excluding hydrogens is 350 g/mol. The monoisotopic (exact) mass is 392 g/mol. The lowest BCUT2D eigenvalue weighted by Crippen LogP contribution is -2.40. The van der Waals surface area contributed by atoms with Crippen LogP contribution in [-0.4, -0.2) is 36.0 Å². The molecular formula is C24H42P2+2. The van der Waals surface area contributed by atoms with Crippen molar-refractivity contribution < 1.29 is 0 Å². The van der Waals surface area contributed by atoms with Gasteiger partial charge in [-0.15, -0.1) is 0 Å². The van der Waals surface area contributed by atoms with E-state index in [-0.39, 0.29) is 0 Å². The number of benzene rings is 1. The first-order valence-electron chi connectivity index (χ1n) is 11.1. The van der Waals surface area contributed by atoms with Gasteiger partial charge in [0.2, 0.25) is 0 Å². The van der Waals surface area contributed by atoms with E-state index in [0.29, 0.717) is 0 Å². The molecule has 0 N–H and O–H groups in total. The summed E-state index contributed by atoms with van der Waals surface area (Å²) in [5, 5.41) is 3.69. The first-order valence-corrected chi connectivity index (χ1v) is 15.9.